The van der Waals surface area contributed by atoms with Gasteiger partial charge in [-0.3, -0.25) is 4.90 Å². The largest absolute Gasteiger partial charge is 0.359 e. The summed E-state index contributed by atoms with van der Waals surface area (Å²) < 4.78 is 5.16. The molecule has 0 bridgehead atoms. The molecule has 6 heteroatoms. The zero-order chi connectivity index (χ0) is 17.8. The molecule has 2 N–H and O–H groups in total. The highest BCUT2D eigenvalue weighted by molar-refractivity contribution is 5.90. The van der Waals surface area contributed by atoms with E-state index in [9.17, 15) is 4.79 Å². The van der Waals surface area contributed by atoms with Gasteiger partial charge in [0.2, 0.25) is 0 Å². The van der Waals surface area contributed by atoms with Gasteiger partial charge in [-0.1, -0.05) is 49.3 Å². The number of urea groups is 1. The molecule has 1 aliphatic heterocycles. The van der Waals surface area contributed by atoms with Crippen molar-refractivity contribution in [2.45, 2.75) is 39.8 Å². The minimum Gasteiger partial charge on any atom is -0.359 e. The van der Waals surface area contributed by atoms with E-state index >= 15 is 0 Å². The smallest absolute Gasteiger partial charge is 0.319 e. The molecule has 6 nitrogen and oxygen atoms in total. The fourth-order valence-electron chi connectivity index (χ4n) is 3.36. The quantitative estimate of drug-likeness (QED) is 0.875. The fraction of sp³-hybridized carbons (Fsp3) is 0.474. The van der Waals surface area contributed by atoms with Gasteiger partial charge in [0.15, 0.2) is 5.76 Å². The lowest BCUT2D eigenvalue weighted by Gasteiger charge is -2.18. The van der Waals surface area contributed by atoms with Crippen LogP contribution in [-0.2, 0) is 13.0 Å². The average molecular weight is 342 g/mol. The van der Waals surface area contributed by atoms with E-state index in [1.165, 1.54) is 5.56 Å². The Labute approximate surface area is 148 Å². The summed E-state index contributed by atoms with van der Waals surface area (Å²) in [5.74, 6) is 1.04. The monoisotopic (exact) mass is 342 g/mol. The van der Waals surface area contributed by atoms with Crippen molar-refractivity contribution in [1.29, 1.82) is 0 Å². The van der Waals surface area contributed by atoms with Gasteiger partial charge in [-0.05, 0) is 24.8 Å². The maximum atomic E-state index is 12.4. The number of benzene rings is 1. The molecule has 1 aromatic heterocycles. The first-order valence-electron chi connectivity index (χ1n) is 8.85. The van der Waals surface area contributed by atoms with E-state index in [0.29, 0.717) is 17.4 Å². The van der Waals surface area contributed by atoms with E-state index in [0.717, 1.165) is 31.7 Å². The summed E-state index contributed by atoms with van der Waals surface area (Å²) in [6.07, 6.45) is 0.720. The number of likely N-dealkylation sites (tertiary alicyclic amines) is 1. The molecular formula is C19H26N4O2. The van der Waals surface area contributed by atoms with E-state index < -0.39 is 0 Å². The summed E-state index contributed by atoms with van der Waals surface area (Å²) >= 11 is 0. The number of rotatable bonds is 5. The van der Waals surface area contributed by atoms with E-state index in [-0.39, 0.29) is 12.1 Å². The third-order valence-electron chi connectivity index (χ3n) is 4.76. The van der Waals surface area contributed by atoms with Crippen molar-refractivity contribution >= 4 is 11.7 Å². The number of carbonyl (C=O) groups excluding carboxylic acids is 1. The van der Waals surface area contributed by atoms with Crippen LogP contribution in [0.1, 0.15) is 30.9 Å². The second-order valence-electron chi connectivity index (χ2n) is 6.78. The van der Waals surface area contributed by atoms with Crippen LogP contribution in [0.25, 0.3) is 0 Å². The molecule has 1 saturated heterocycles. The van der Waals surface area contributed by atoms with Crippen molar-refractivity contribution in [2.24, 2.45) is 5.92 Å². The zero-order valence-electron chi connectivity index (χ0n) is 15.1. The minimum absolute atomic E-state index is 0.133. The number of hydrogen-bond acceptors (Lipinski definition) is 4. The van der Waals surface area contributed by atoms with Crippen molar-refractivity contribution < 1.29 is 9.32 Å². The van der Waals surface area contributed by atoms with Crippen molar-refractivity contribution in [1.82, 2.24) is 15.4 Å². The van der Waals surface area contributed by atoms with Crippen molar-refractivity contribution in [3.8, 4) is 0 Å². The Morgan fingerprint density at radius 2 is 2.08 bits per heavy atom. The summed E-state index contributed by atoms with van der Waals surface area (Å²) in [5, 5.41) is 9.96. The van der Waals surface area contributed by atoms with Crippen LogP contribution >= 0.6 is 0 Å². The molecule has 0 saturated carbocycles. The first-order chi connectivity index (χ1) is 12.1. The summed E-state index contributed by atoms with van der Waals surface area (Å²) in [6.45, 7) is 8.72. The van der Waals surface area contributed by atoms with Crippen LogP contribution < -0.4 is 10.6 Å². The Hall–Kier alpha value is -2.34. The molecule has 134 valence electrons. The Balaban J connectivity index is 1.55. The van der Waals surface area contributed by atoms with Gasteiger partial charge in [0.1, 0.15) is 11.4 Å². The maximum Gasteiger partial charge on any atom is 0.319 e. The molecule has 3 rings (SSSR count). The highest BCUT2D eigenvalue weighted by atomic mass is 16.5. The zero-order valence-corrected chi connectivity index (χ0v) is 15.1. The second-order valence-corrected chi connectivity index (χ2v) is 6.78. The van der Waals surface area contributed by atoms with Gasteiger partial charge >= 0.3 is 6.03 Å². The molecule has 25 heavy (non-hydrogen) atoms. The summed E-state index contributed by atoms with van der Waals surface area (Å²) in [5.41, 5.74) is 2.76. The van der Waals surface area contributed by atoms with Gasteiger partial charge in [0.25, 0.3) is 0 Å². The molecule has 1 aliphatic rings. The fourth-order valence-corrected chi connectivity index (χ4v) is 3.36. The maximum absolute atomic E-state index is 12.4. The predicted molar refractivity (Wildman–Crippen MR) is 97.4 cm³/mol. The molecule has 2 unspecified atom stereocenters. The Bertz CT molecular complexity index is 713. The normalized spacial score (nSPS) is 20.6. The number of carbonyl (C=O) groups is 1. The third kappa shape index (κ3) is 4.20. The van der Waals surface area contributed by atoms with Crippen LogP contribution in [0.5, 0.6) is 0 Å². The number of aryl methyl sites for hydroxylation is 2. The van der Waals surface area contributed by atoms with Crippen molar-refractivity contribution in [2.75, 3.05) is 18.4 Å². The topological polar surface area (TPSA) is 70.4 Å². The molecular weight excluding hydrogens is 316 g/mol. The lowest BCUT2D eigenvalue weighted by molar-refractivity contribution is 0.246. The van der Waals surface area contributed by atoms with Crippen LogP contribution in [0.15, 0.2) is 34.9 Å². The van der Waals surface area contributed by atoms with E-state index in [2.05, 4.69) is 51.9 Å². The summed E-state index contributed by atoms with van der Waals surface area (Å²) in [7, 11) is 0. The number of nitrogens with one attached hydrogen (secondary N) is 2. The highest BCUT2D eigenvalue weighted by Crippen LogP contribution is 2.22. The third-order valence-corrected chi connectivity index (χ3v) is 4.76. The van der Waals surface area contributed by atoms with Crippen molar-refractivity contribution in [3.63, 3.8) is 0 Å². The van der Waals surface area contributed by atoms with E-state index in [4.69, 9.17) is 4.52 Å². The lowest BCUT2D eigenvalue weighted by Crippen LogP contribution is -2.42. The molecule has 2 aromatic rings. The first kappa shape index (κ1) is 17.5. The van der Waals surface area contributed by atoms with Crippen LogP contribution in [-0.4, -0.2) is 35.2 Å². The van der Waals surface area contributed by atoms with Crippen LogP contribution in [0, 0.1) is 12.8 Å². The molecule has 0 spiro atoms. The van der Waals surface area contributed by atoms with Gasteiger partial charge in [-0.25, -0.2) is 4.79 Å². The number of aromatic nitrogens is 1. The molecule has 2 atom stereocenters. The molecule has 1 fully saturated rings. The average Bonchev–Trinajstić information content (AvgIpc) is 3.11. The number of amides is 2. The highest BCUT2D eigenvalue weighted by Gasteiger charge is 2.31. The first-order valence-corrected chi connectivity index (χ1v) is 8.85. The molecule has 2 heterocycles. The van der Waals surface area contributed by atoms with Gasteiger partial charge in [-0.15, -0.1) is 0 Å². The molecule has 0 aliphatic carbocycles. The Kier molecular flexibility index (Phi) is 5.38. The second kappa shape index (κ2) is 7.70. The van der Waals surface area contributed by atoms with Crippen LogP contribution in [0.4, 0.5) is 10.5 Å². The van der Waals surface area contributed by atoms with Crippen LogP contribution in [0.2, 0.25) is 0 Å². The Morgan fingerprint density at radius 1 is 1.32 bits per heavy atom. The van der Waals surface area contributed by atoms with E-state index in [1.807, 2.05) is 19.9 Å². The summed E-state index contributed by atoms with van der Waals surface area (Å²) in [4.78, 5) is 14.8. The molecule has 2 amide bonds. The lowest BCUT2D eigenvalue weighted by atomic mass is 10.1. The Morgan fingerprint density at radius 3 is 2.80 bits per heavy atom. The number of hydrogen-bond donors (Lipinski definition) is 2. The number of anilines is 1. The van der Waals surface area contributed by atoms with Crippen molar-refractivity contribution in [3.05, 3.63) is 47.3 Å². The number of nitrogens with zero attached hydrogens (tertiary/aromatic N) is 2. The predicted octanol–water partition coefficient (Wildman–Crippen LogP) is 3.19. The van der Waals surface area contributed by atoms with Gasteiger partial charge in [0.05, 0.1) is 0 Å². The molecule has 1 aromatic carbocycles. The van der Waals surface area contributed by atoms with Crippen LogP contribution in [0.3, 0.4) is 0 Å². The minimum atomic E-state index is -0.195. The van der Waals surface area contributed by atoms with Gasteiger partial charge in [-0.2, -0.15) is 0 Å². The van der Waals surface area contributed by atoms with E-state index in [1.54, 1.807) is 0 Å². The SMILES string of the molecule is CCc1noc(C)c1NC(=O)NC1CN(Cc2ccccc2)CC1C. The molecule has 0 radical (unpaired) electrons. The standard InChI is InChI=1S/C19H26N4O2/c1-4-16-18(14(3)25-22-16)21-19(24)20-17-12-23(10-13(17)2)11-15-8-6-5-7-9-15/h5-9,13,17H,4,10-12H2,1-3H3,(H2,20,21,24). The van der Waals surface area contributed by atoms with Gasteiger partial charge in [0, 0.05) is 25.7 Å². The van der Waals surface area contributed by atoms with Gasteiger partial charge < -0.3 is 15.2 Å². The summed E-state index contributed by atoms with van der Waals surface area (Å²) in [6, 6.07) is 10.4.